The number of hydrogen-bond acceptors (Lipinski definition) is 3. The van der Waals surface area contributed by atoms with Crippen molar-refractivity contribution in [3.8, 4) is 0 Å². The van der Waals surface area contributed by atoms with Crippen molar-refractivity contribution in [2.75, 3.05) is 31.6 Å². The third kappa shape index (κ3) is 4.55. The molecule has 1 fully saturated rings. The number of carbonyl (C=O) groups is 1. The number of benzene rings is 1. The van der Waals surface area contributed by atoms with Crippen LogP contribution in [-0.2, 0) is 4.79 Å². The molecule has 1 heterocycles. The zero-order chi connectivity index (χ0) is 13.7. The number of hydrogen-bond donors (Lipinski definition) is 1. The molecule has 2 rings (SSSR count). The van der Waals surface area contributed by atoms with Gasteiger partial charge in [-0.2, -0.15) is 11.8 Å². The van der Waals surface area contributed by atoms with Gasteiger partial charge in [0.1, 0.15) is 0 Å². The molecule has 1 aliphatic rings. The molecule has 20 heavy (non-hydrogen) atoms. The molecular weight excluding hydrogens is 315 g/mol. The van der Waals surface area contributed by atoms with Crippen LogP contribution in [0.25, 0.3) is 0 Å². The van der Waals surface area contributed by atoms with Gasteiger partial charge >= 0.3 is 0 Å². The first kappa shape index (κ1) is 17.6. The third-order valence-electron chi connectivity index (χ3n) is 3.32. The summed E-state index contributed by atoms with van der Waals surface area (Å²) in [5.74, 6) is 1.12. The molecule has 1 atom stereocenters. The quantitative estimate of drug-likeness (QED) is 0.918. The Bertz CT molecular complexity index is 445. The molecule has 6 heteroatoms. The van der Waals surface area contributed by atoms with Gasteiger partial charge in [-0.25, -0.2) is 0 Å². The highest BCUT2D eigenvalue weighted by molar-refractivity contribution is 7.98. The summed E-state index contributed by atoms with van der Waals surface area (Å²) in [7, 11) is 0. The fourth-order valence-corrected chi connectivity index (χ4v) is 2.92. The van der Waals surface area contributed by atoms with Crippen molar-refractivity contribution in [1.82, 2.24) is 10.2 Å². The maximum Gasteiger partial charge on any atom is 0.224 e. The Morgan fingerprint density at radius 3 is 3.05 bits per heavy atom. The lowest BCUT2D eigenvalue weighted by molar-refractivity contribution is -0.134. The van der Waals surface area contributed by atoms with E-state index in [0.29, 0.717) is 6.42 Å². The molecule has 0 spiro atoms. The standard InChI is InChI=1S/C14H19ClN2OS.ClH/c1-19-8-5-14(18)17-7-6-16-10-13(17)11-3-2-4-12(15)9-11;/h2-4,9,13,16H,5-8,10H2,1H3;1H. The Kier molecular flexibility index (Phi) is 7.74. The molecule has 1 aliphatic heterocycles. The molecule has 1 amide bonds. The van der Waals surface area contributed by atoms with Gasteiger partial charge in [-0.15, -0.1) is 12.4 Å². The van der Waals surface area contributed by atoms with Crippen LogP contribution >= 0.6 is 35.8 Å². The van der Waals surface area contributed by atoms with Crippen molar-refractivity contribution in [3.63, 3.8) is 0 Å². The second-order valence-corrected chi connectivity index (χ2v) is 6.03. The molecule has 1 unspecified atom stereocenters. The Morgan fingerprint density at radius 1 is 1.55 bits per heavy atom. The number of halogens is 2. The zero-order valence-corrected chi connectivity index (χ0v) is 13.9. The smallest absolute Gasteiger partial charge is 0.224 e. The molecule has 0 radical (unpaired) electrons. The molecule has 1 N–H and O–H groups in total. The molecule has 0 bridgehead atoms. The lowest BCUT2D eigenvalue weighted by atomic mass is 10.0. The number of carbonyl (C=O) groups excluding carboxylic acids is 1. The summed E-state index contributed by atoms with van der Waals surface area (Å²) < 4.78 is 0. The van der Waals surface area contributed by atoms with Crippen LogP contribution in [0.3, 0.4) is 0 Å². The summed E-state index contributed by atoms with van der Waals surface area (Å²) in [6, 6.07) is 7.90. The van der Waals surface area contributed by atoms with Crippen LogP contribution in [0.4, 0.5) is 0 Å². The summed E-state index contributed by atoms with van der Waals surface area (Å²) in [6.07, 6.45) is 2.64. The normalized spacial score (nSPS) is 18.5. The largest absolute Gasteiger partial charge is 0.333 e. The summed E-state index contributed by atoms with van der Waals surface area (Å²) in [5, 5.41) is 4.07. The van der Waals surface area contributed by atoms with E-state index in [1.807, 2.05) is 35.4 Å². The van der Waals surface area contributed by atoms with Crippen LogP contribution in [0.1, 0.15) is 18.0 Å². The zero-order valence-electron chi connectivity index (χ0n) is 11.5. The number of piperazine rings is 1. The number of amides is 1. The Hall–Kier alpha value is -0.420. The minimum Gasteiger partial charge on any atom is -0.333 e. The predicted octanol–water partition coefficient (Wildman–Crippen LogP) is 2.99. The van der Waals surface area contributed by atoms with Crippen molar-refractivity contribution in [3.05, 3.63) is 34.9 Å². The average molecular weight is 335 g/mol. The van der Waals surface area contributed by atoms with Gasteiger partial charge < -0.3 is 10.2 Å². The van der Waals surface area contributed by atoms with E-state index in [1.54, 1.807) is 11.8 Å². The molecule has 1 aromatic carbocycles. The van der Waals surface area contributed by atoms with Gasteiger partial charge in [0, 0.05) is 36.8 Å². The minimum atomic E-state index is 0. The molecule has 0 aromatic heterocycles. The summed E-state index contributed by atoms with van der Waals surface area (Å²) in [5.41, 5.74) is 1.11. The lowest BCUT2D eigenvalue weighted by Gasteiger charge is -2.36. The van der Waals surface area contributed by atoms with Crippen LogP contribution in [-0.4, -0.2) is 42.4 Å². The van der Waals surface area contributed by atoms with Gasteiger partial charge in [-0.1, -0.05) is 23.7 Å². The summed E-state index contributed by atoms with van der Waals surface area (Å²) >= 11 is 7.76. The maximum atomic E-state index is 12.3. The number of nitrogens with zero attached hydrogens (tertiary/aromatic N) is 1. The van der Waals surface area contributed by atoms with E-state index in [1.165, 1.54) is 0 Å². The Balaban J connectivity index is 0.00000200. The van der Waals surface area contributed by atoms with Crippen LogP contribution in [0.15, 0.2) is 24.3 Å². The molecule has 1 aromatic rings. The second kappa shape index (κ2) is 8.78. The van der Waals surface area contributed by atoms with E-state index < -0.39 is 0 Å². The number of nitrogens with one attached hydrogen (secondary N) is 1. The average Bonchev–Trinajstić information content (AvgIpc) is 2.45. The second-order valence-electron chi connectivity index (χ2n) is 4.60. The first-order valence-electron chi connectivity index (χ1n) is 6.47. The maximum absolute atomic E-state index is 12.3. The molecule has 0 saturated carbocycles. The fraction of sp³-hybridized carbons (Fsp3) is 0.500. The molecule has 3 nitrogen and oxygen atoms in total. The first-order valence-corrected chi connectivity index (χ1v) is 8.24. The van der Waals surface area contributed by atoms with Crippen LogP contribution < -0.4 is 5.32 Å². The van der Waals surface area contributed by atoms with E-state index >= 15 is 0 Å². The first-order chi connectivity index (χ1) is 9.22. The van der Waals surface area contributed by atoms with Crippen LogP contribution in [0, 0.1) is 0 Å². The highest BCUT2D eigenvalue weighted by Gasteiger charge is 2.27. The molecule has 112 valence electrons. The van der Waals surface area contributed by atoms with Gasteiger partial charge in [0.2, 0.25) is 5.91 Å². The van der Waals surface area contributed by atoms with Crippen LogP contribution in [0.5, 0.6) is 0 Å². The van der Waals surface area contributed by atoms with Crippen molar-refractivity contribution < 1.29 is 4.79 Å². The lowest BCUT2D eigenvalue weighted by Crippen LogP contribution is -2.48. The number of thioether (sulfide) groups is 1. The van der Waals surface area contributed by atoms with Crippen LogP contribution in [0.2, 0.25) is 5.02 Å². The van der Waals surface area contributed by atoms with E-state index in [4.69, 9.17) is 11.6 Å². The highest BCUT2D eigenvalue weighted by Crippen LogP contribution is 2.25. The van der Waals surface area contributed by atoms with E-state index in [9.17, 15) is 4.79 Å². The predicted molar refractivity (Wildman–Crippen MR) is 89.0 cm³/mol. The van der Waals surface area contributed by atoms with Gasteiger partial charge in [-0.05, 0) is 24.0 Å². The van der Waals surface area contributed by atoms with Gasteiger partial charge in [0.15, 0.2) is 0 Å². The van der Waals surface area contributed by atoms with Gasteiger partial charge in [0.25, 0.3) is 0 Å². The Labute approximate surface area is 135 Å². The van der Waals surface area contributed by atoms with Crippen molar-refractivity contribution in [2.45, 2.75) is 12.5 Å². The van der Waals surface area contributed by atoms with E-state index in [-0.39, 0.29) is 24.4 Å². The molecular formula is C14H20Cl2N2OS. The van der Waals surface area contributed by atoms with E-state index in [0.717, 1.165) is 36.0 Å². The van der Waals surface area contributed by atoms with Crippen molar-refractivity contribution in [1.29, 1.82) is 0 Å². The van der Waals surface area contributed by atoms with E-state index in [2.05, 4.69) is 5.32 Å². The topological polar surface area (TPSA) is 32.3 Å². The van der Waals surface area contributed by atoms with Crippen molar-refractivity contribution in [2.24, 2.45) is 0 Å². The number of rotatable bonds is 4. The van der Waals surface area contributed by atoms with Crippen molar-refractivity contribution >= 4 is 41.7 Å². The summed E-state index contributed by atoms with van der Waals surface area (Å²) in [4.78, 5) is 14.3. The fourth-order valence-electron chi connectivity index (χ4n) is 2.35. The third-order valence-corrected chi connectivity index (χ3v) is 4.16. The summed E-state index contributed by atoms with van der Waals surface area (Å²) in [6.45, 7) is 2.43. The SMILES string of the molecule is CSCCC(=O)N1CCNCC1c1cccc(Cl)c1.Cl. The van der Waals surface area contributed by atoms with Gasteiger partial charge in [-0.3, -0.25) is 4.79 Å². The molecule has 0 aliphatic carbocycles. The Morgan fingerprint density at radius 2 is 2.35 bits per heavy atom. The highest BCUT2D eigenvalue weighted by atomic mass is 35.5. The molecule has 1 saturated heterocycles. The van der Waals surface area contributed by atoms with Gasteiger partial charge in [0.05, 0.1) is 6.04 Å². The monoisotopic (exact) mass is 334 g/mol. The minimum absolute atomic E-state index is 0.